The first-order valence-corrected chi connectivity index (χ1v) is 10.6. The van der Waals surface area contributed by atoms with E-state index < -0.39 is 11.6 Å². The highest BCUT2D eigenvalue weighted by Gasteiger charge is 2.47. The van der Waals surface area contributed by atoms with E-state index in [1.807, 2.05) is 60.7 Å². The van der Waals surface area contributed by atoms with Crippen LogP contribution in [-0.2, 0) is 17.8 Å². The van der Waals surface area contributed by atoms with E-state index in [1.54, 1.807) is 13.0 Å². The van der Waals surface area contributed by atoms with Crippen molar-refractivity contribution in [2.75, 3.05) is 6.79 Å². The van der Waals surface area contributed by atoms with Crippen LogP contribution in [0.5, 0.6) is 11.5 Å². The second-order valence-corrected chi connectivity index (χ2v) is 8.37. The Morgan fingerprint density at radius 1 is 1.00 bits per heavy atom. The molecule has 5 rings (SSSR count). The van der Waals surface area contributed by atoms with Crippen LogP contribution in [0.2, 0.25) is 0 Å². The fraction of sp³-hybridized carbons (Fsp3) is 0.192. The second kappa shape index (κ2) is 7.99. The molecule has 0 aromatic heterocycles. The van der Waals surface area contributed by atoms with E-state index in [9.17, 15) is 14.9 Å². The molecule has 1 fully saturated rings. The third-order valence-corrected chi connectivity index (χ3v) is 5.99. The van der Waals surface area contributed by atoms with Crippen molar-refractivity contribution in [2.24, 2.45) is 0 Å². The van der Waals surface area contributed by atoms with Crippen molar-refractivity contribution >= 4 is 11.9 Å². The zero-order valence-corrected chi connectivity index (χ0v) is 18.0. The van der Waals surface area contributed by atoms with Crippen molar-refractivity contribution < 1.29 is 19.1 Å². The molecule has 0 spiro atoms. The second-order valence-electron chi connectivity index (χ2n) is 8.37. The molecule has 1 saturated heterocycles. The summed E-state index contributed by atoms with van der Waals surface area (Å²) in [6, 6.07) is 22.2. The topological polar surface area (TPSA) is 91.7 Å². The molecule has 0 unspecified atom stereocenters. The Labute approximate surface area is 191 Å². The third kappa shape index (κ3) is 3.76. The number of hydrogen-bond acceptors (Lipinski definition) is 5. The van der Waals surface area contributed by atoms with Crippen molar-refractivity contribution in [1.29, 1.82) is 5.26 Å². The lowest BCUT2D eigenvalue weighted by Gasteiger charge is -2.22. The molecule has 0 saturated carbocycles. The number of amides is 3. The van der Waals surface area contributed by atoms with E-state index in [1.165, 1.54) is 4.90 Å². The number of hydrogen-bond donors (Lipinski definition) is 1. The molecular weight excluding hydrogens is 418 g/mol. The number of ether oxygens (including phenoxy) is 2. The lowest BCUT2D eigenvalue weighted by Crippen LogP contribution is -2.45. The highest BCUT2D eigenvalue weighted by molar-refractivity contribution is 6.06. The van der Waals surface area contributed by atoms with Crippen LogP contribution in [0.25, 0.3) is 11.1 Å². The van der Waals surface area contributed by atoms with Crippen molar-refractivity contribution in [3.05, 3.63) is 83.4 Å². The van der Waals surface area contributed by atoms with Gasteiger partial charge in [0, 0.05) is 6.42 Å². The lowest BCUT2D eigenvalue weighted by molar-refractivity contribution is -0.131. The fourth-order valence-electron chi connectivity index (χ4n) is 4.27. The van der Waals surface area contributed by atoms with Crippen LogP contribution >= 0.6 is 0 Å². The molecule has 1 atom stereocenters. The molecule has 7 heteroatoms. The molecular formula is C26H21N3O4. The number of carbonyl (C=O) groups excluding carboxylic acids is 2. The maximum Gasteiger partial charge on any atom is 0.325 e. The van der Waals surface area contributed by atoms with Gasteiger partial charge in [-0.1, -0.05) is 48.5 Å². The van der Waals surface area contributed by atoms with Crippen molar-refractivity contribution in [1.82, 2.24) is 10.2 Å². The molecule has 2 aliphatic rings. The number of carbonyl (C=O) groups is 2. The SMILES string of the molecule is C[C@]1(Cc2ccc3c(c2)OCO3)NC(=O)N(Cc2ccc(-c3ccccc3C#N)cc2)C1=O. The number of urea groups is 1. The van der Waals surface area contributed by atoms with Crippen LogP contribution < -0.4 is 14.8 Å². The van der Waals surface area contributed by atoms with Crippen LogP contribution in [0.15, 0.2) is 66.7 Å². The fourth-order valence-corrected chi connectivity index (χ4v) is 4.27. The minimum Gasteiger partial charge on any atom is -0.454 e. The third-order valence-electron chi connectivity index (χ3n) is 5.99. The Hall–Kier alpha value is -4.31. The zero-order valence-electron chi connectivity index (χ0n) is 18.0. The Bertz CT molecular complexity index is 1300. The van der Waals surface area contributed by atoms with Gasteiger partial charge in [-0.3, -0.25) is 9.69 Å². The van der Waals surface area contributed by atoms with Gasteiger partial charge in [0.15, 0.2) is 11.5 Å². The van der Waals surface area contributed by atoms with Crippen LogP contribution in [-0.4, -0.2) is 29.2 Å². The number of nitrogens with one attached hydrogen (secondary N) is 1. The molecule has 2 aliphatic heterocycles. The van der Waals surface area contributed by atoms with Gasteiger partial charge in [0.2, 0.25) is 6.79 Å². The number of imide groups is 1. The summed E-state index contributed by atoms with van der Waals surface area (Å²) in [5.41, 5.74) is 3.00. The highest BCUT2D eigenvalue weighted by atomic mass is 16.7. The minimum absolute atomic E-state index is 0.168. The molecule has 33 heavy (non-hydrogen) atoms. The summed E-state index contributed by atoms with van der Waals surface area (Å²) in [6.07, 6.45) is 0.342. The average Bonchev–Trinajstić information content (AvgIpc) is 3.37. The molecule has 0 radical (unpaired) electrons. The molecule has 3 aromatic rings. The summed E-state index contributed by atoms with van der Waals surface area (Å²) in [5.74, 6) is 1.04. The van der Waals surface area contributed by atoms with Gasteiger partial charge in [0.05, 0.1) is 18.2 Å². The van der Waals surface area contributed by atoms with Gasteiger partial charge >= 0.3 is 6.03 Å². The van der Waals surface area contributed by atoms with Gasteiger partial charge in [0.25, 0.3) is 5.91 Å². The van der Waals surface area contributed by atoms with Crippen LogP contribution in [0.3, 0.4) is 0 Å². The van der Waals surface area contributed by atoms with E-state index in [0.717, 1.165) is 22.3 Å². The molecule has 7 nitrogen and oxygen atoms in total. The lowest BCUT2D eigenvalue weighted by atomic mass is 9.92. The predicted octanol–water partition coefficient (Wildman–Crippen LogP) is 4.01. The summed E-state index contributed by atoms with van der Waals surface area (Å²) in [4.78, 5) is 27.1. The Kier molecular flexibility index (Phi) is 4.98. The molecule has 2 heterocycles. The Morgan fingerprint density at radius 3 is 2.52 bits per heavy atom. The van der Waals surface area contributed by atoms with Crippen molar-refractivity contribution in [3.63, 3.8) is 0 Å². The molecule has 3 aromatic carbocycles. The van der Waals surface area contributed by atoms with Gasteiger partial charge in [-0.2, -0.15) is 5.26 Å². The smallest absolute Gasteiger partial charge is 0.325 e. The number of nitrogens with zero attached hydrogens (tertiary/aromatic N) is 2. The Balaban J connectivity index is 1.32. The summed E-state index contributed by atoms with van der Waals surface area (Å²) in [7, 11) is 0. The first-order chi connectivity index (χ1) is 16.0. The maximum absolute atomic E-state index is 13.2. The van der Waals surface area contributed by atoms with E-state index in [0.29, 0.717) is 23.5 Å². The minimum atomic E-state index is -1.05. The average molecular weight is 439 g/mol. The monoisotopic (exact) mass is 439 g/mol. The standard InChI is InChI=1S/C26H21N3O4/c1-26(13-18-8-11-22-23(12-18)33-16-32-22)24(30)29(25(31)28-26)15-17-6-9-19(10-7-17)21-5-3-2-4-20(21)14-27/h2-12H,13,15-16H2,1H3,(H,28,31)/t26-/m1/s1. The van der Waals surface area contributed by atoms with E-state index in [2.05, 4.69) is 11.4 Å². The maximum atomic E-state index is 13.2. The number of fused-ring (bicyclic) bond motifs is 1. The van der Waals surface area contributed by atoms with Crippen molar-refractivity contribution in [3.8, 4) is 28.7 Å². The Morgan fingerprint density at radius 2 is 1.73 bits per heavy atom. The molecule has 1 N–H and O–H groups in total. The van der Waals surface area contributed by atoms with E-state index >= 15 is 0 Å². The number of rotatable bonds is 5. The predicted molar refractivity (Wildman–Crippen MR) is 120 cm³/mol. The van der Waals surface area contributed by atoms with Gasteiger partial charge in [0.1, 0.15) is 5.54 Å². The first-order valence-electron chi connectivity index (χ1n) is 10.6. The molecule has 0 bridgehead atoms. The van der Waals surface area contributed by atoms with E-state index in [4.69, 9.17) is 9.47 Å². The molecule has 0 aliphatic carbocycles. The van der Waals surface area contributed by atoms with Crippen LogP contribution in [0, 0.1) is 11.3 Å². The van der Waals surface area contributed by atoms with Gasteiger partial charge < -0.3 is 14.8 Å². The van der Waals surface area contributed by atoms with Gasteiger partial charge in [-0.25, -0.2) is 4.79 Å². The van der Waals surface area contributed by atoms with Gasteiger partial charge in [-0.15, -0.1) is 0 Å². The van der Waals surface area contributed by atoms with Crippen LogP contribution in [0.1, 0.15) is 23.6 Å². The highest BCUT2D eigenvalue weighted by Crippen LogP contribution is 2.34. The first kappa shape index (κ1) is 20.6. The van der Waals surface area contributed by atoms with Crippen molar-refractivity contribution in [2.45, 2.75) is 25.4 Å². The zero-order chi connectivity index (χ0) is 23.0. The summed E-state index contributed by atoms with van der Waals surface area (Å²) in [6.45, 7) is 2.09. The quantitative estimate of drug-likeness (QED) is 0.607. The number of nitriles is 1. The largest absolute Gasteiger partial charge is 0.454 e. The molecule has 164 valence electrons. The summed E-state index contributed by atoms with van der Waals surface area (Å²) >= 11 is 0. The molecule has 3 amide bonds. The normalized spacial score (nSPS) is 18.8. The summed E-state index contributed by atoms with van der Waals surface area (Å²) < 4.78 is 10.8. The number of benzene rings is 3. The van der Waals surface area contributed by atoms with E-state index in [-0.39, 0.29) is 19.2 Å². The summed E-state index contributed by atoms with van der Waals surface area (Å²) in [5, 5.41) is 12.2. The van der Waals surface area contributed by atoms with Gasteiger partial charge in [-0.05, 0) is 47.4 Å². The van der Waals surface area contributed by atoms with Crippen LogP contribution in [0.4, 0.5) is 4.79 Å².